The topological polar surface area (TPSA) is 126 Å². The third-order valence-electron chi connectivity index (χ3n) is 2.33. The Morgan fingerprint density at radius 1 is 1.48 bits per heavy atom. The zero-order valence-corrected chi connectivity index (χ0v) is 12.2. The van der Waals surface area contributed by atoms with Gasteiger partial charge in [0.25, 0.3) is 7.57 Å². The molecule has 0 unspecified atom stereocenters. The Labute approximate surface area is 122 Å². The first-order valence-electron chi connectivity index (χ1n) is 5.98. The van der Waals surface area contributed by atoms with Crippen LogP contribution >= 0.6 is 7.57 Å². The Bertz CT molecular complexity index is 573. The first kappa shape index (κ1) is 17.3. The third-order valence-corrected chi connectivity index (χ3v) is 2.82. The molecule has 9 heteroatoms. The molecule has 7 nitrogen and oxygen atoms in total. The number of rotatable bonds is 7. The van der Waals surface area contributed by atoms with E-state index in [9.17, 15) is 14.2 Å². The molecule has 1 aromatic rings. The largest absolute Gasteiger partial charge is 0.432 e. The van der Waals surface area contributed by atoms with Gasteiger partial charge < -0.3 is 25.9 Å². The van der Waals surface area contributed by atoms with Gasteiger partial charge in [0.15, 0.2) is 6.17 Å². The number of halogens is 1. The maximum absolute atomic E-state index is 14.5. The van der Waals surface area contributed by atoms with Crippen LogP contribution < -0.4 is 16.1 Å². The normalized spacial score (nSPS) is 14.4. The average molecular weight is 316 g/mol. The van der Waals surface area contributed by atoms with E-state index in [1.54, 1.807) is 12.1 Å². The van der Waals surface area contributed by atoms with Crippen molar-refractivity contribution in [2.45, 2.75) is 6.17 Å². The molecular formula is C12H18FN4O3P. The zero-order chi connectivity index (χ0) is 15.9. The molecular weight excluding hydrogens is 298 g/mol. The fourth-order valence-electron chi connectivity index (χ4n) is 1.49. The van der Waals surface area contributed by atoms with E-state index in [1.165, 1.54) is 18.3 Å². The van der Waals surface area contributed by atoms with Crippen LogP contribution in [0.4, 0.5) is 4.39 Å². The fourth-order valence-corrected chi connectivity index (χ4v) is 1.97. The Balaban J connectivity index is 3.06. The van der Waals surface area contributed by atoms with Gasteiger partial charge in [-0.15, -0.1) is 0 Å². The Kier molecular flexibility index (Phi) is 6.51. The van der Waals surface area contributed by atoms with E-state index in [-0.39, 0.29) is 17.0 Å². The van der Waals surface area contributed by atoms with Crippen LogP contribution in [0.1, 0.15) is 11.7 Å². The lowest BCUT2D eigenvalue weighted by Gasteiger charge is -2.17. The Morgan fingerprint density at radius 2 is 2.14 bits per heavy atom. The molecule has 0 spiro atoms. The van der Waals surface area contributed by atoms with Gasteiger partial charge in [0.1, 0.15) is 11.5 Å². The monoisotopic (exact) mass is 316 g/mol. The second kappa shape index (κ2) is 7.90. The summed E-state index contributed by atoms with van der Waals surface area (Å²) < 4.78 is 19.4. The number of benzene rings is 1. The summed E-state index contributed by atoms with van der Waals surface area (Å²) in [5.41, 5.74) is 5.18. The van der Waals surface area contributed by atoms with Gasteiger partial charge in [0.2, 0.25) is 0 Å². The highest BCUT2D eigenvalue weighted by Crippen LogP contribution is 2.40. The van der Waals surface area contributed by atoms with Crippen molar-refractivity contribution in [3.05, 3.63) is 29.8 Å². The van der Waals surface area contributed by atoms with E-state index < -0.39 is 13.7 Å². The summed E-state index contributed by atoms with van der Waals surface area (Å²) in [4.78, 5) is 22.4. The third kappa shape index (κ3) is 5.65. The van der Waals surface area contributed by atoms with E-state index >= 15 is 0 Å². The number of para-hydroxylation sites is 1. The maximum atomic E-state index is 14.5. The quantitative estimate of drug-likeness (QED) is 0.253. The summed E-state index contributed by atoms with van der Waals surface area (Å²) in [6.45, 7) is 0.624. The van der Waals surface area contributed by atoms with Crippen LogP contribution in [0.25, 0.3) is 0 Å². The van der Waals surface area contributed by atoms with Crippen LogP contribution in [0, 0.1) is 0 Å². The van der Waals surface area contributed by atoms with Crippen molar-refractivity contribution in [3.63, 3.8) is 0 Å². The van der Waals surface area contributed by atoms with E-state index in [2.05, 4.69) is 16.4 Å². The van der Waals surface area contributed by atoms with E-state index in [1.807, 2.05) is 0 Å². The summed E-state index contributed by atoms with van der Waals surface area (Å²) in [6.07, 6.45) is 2.52. The minimum atomic E-state index is -3.81. The van der Waals surface area contributed by atoms with Gasteiger partial charge in [-0.25, -0.2) is 4.39 Å². The van der Waals surface area contributed by atoms with Crippen molar-refractivity contribution in [3.8, 4) is 5.75 Å². The predicted molar refractivity (Wildman–Crippen MR) is 83.4 cm³/mol. The van der Waals surface area contributed by atoms with Gasteiger partial charge in [0.05, 0.1) is 6.54 Å². The predicted octanol–water partition coefficient (Wildman–Crippen LogP) is 0.599. The van der Waals surface area contributed by atoms with Crippen LogP contribution in [-0.2, 0) is 0 Å². The molecule has 0 aromatic heterocycles. The molecule has 0 aliphatic rings. The molecule has 0 fully saturated rings. The molecule has 0 bridgehead atoms. The average Bonchev–Trinajstić information content (AvgIpc) is 2.42. The van der Waals surface area contributed by atoms with Crippen molar-refractivity contribution in [2.75, 3.05) is 13.1 Å². The lowest BCUT2D eigenvalue weighted by Crippen LogP contribution is -2.14. The number of nitrogens with two attached hydrogens (primary N) is 2. The molecule has 1 rings (SSSR count). The zero-order valence-electron chi connectivity index (χ0n) is 11.3. The number of nitrogens with zero attached hydrogens (tertiary/aromatic N) is 2. The summed E-state index contributed by atoms with van der Waals surface area (Å²) in [5.74, 6) is 5.10. The van der Waals surface area contributed by atoms with Gasteiger partial charge in [-0.05, 0) is 12.4 Å². The van der Waals surface area contributed by atoms with E-state index in [0.29, 0.717) is 13.1 Å². The molecule has 21 heavy (non-hydrogen) atoms. The second-order valence-corrected chi connectivity index (χ2v) is 5.55. The lowest BCUT2D eigenvalue weighted by molar-refractivity contribution is 0.360. The second-order valence-electron chi connectivity index (χ2n) is 4.03. The maximum Gasteiger partial charge on any atom is 0.297 e. The van der Waals surface area contributed by atoms with Gasteiger partial charge in [-0.1, -0.05) is 18.2 Å². The number of hydrazone groups is 1. The van der Waals surface area contributed by atoms with Crippen molar-refractivity contribution in [1.29, 1.82) is 0 Å². The summed E-state index contributed by atoms with van der Waals surface area (Å²) >= 11 is 0. The van der Waals surface area contributed by atoms with Crippen molar-refractivity contribution >= 4 is 25.8 Å². The lowest BCUT2D eigenvalue weighted by atomic mass is 10.1. The van der Waals surface area contributed by atoms with Crippen LogP contribution in [0.2, 0.25) is 0 Å². The molecule has 1 atom stereocenters. The van der Waals surface area contributed by atoms with Crippen LogP contribution in [0.5, 0.6) is 5.75 Å². The molecule has 0 saturated heterocycles. The molecule has 1 aromatic carbocycles. The minimum absolute atomic E-state index is 0.0389. The summed E-state index contributed by atoms with van der Waals surface area (Å²) in [6, 6.07) is 5.93. The molecule has 0 aliphatic heterocycles. The first-order chi connectivity index (χ1) is 9.89. The number of alkyl halides is 1. The van der Waals surface area contributed by atoms with Gasteiger partial charge >= 0.3 is 0 Å². The van der Waals surface area contributed by atoms with Crippen LogP contribution in [-0.4, -0.2) is 41.1 Å². The molecule has 0 radical (unpaired) electrons. The van der Waals surface area contributed by atoms with Crippen LogP contribution in [0.15, 0.2) is 34.4 Å². The van der Waals surface area contributed by atoms with Crippen LogP contribution in [0.3, 0.4) is 0 Å². The highest BCUT2D eigenvalue weighted by Gasteiger charge is 2.22. The standard InChI is InChI=1S/C12H18FN4O3P/c1-21(18,19)20-11-5-3-2-4-9(11)12(13)10(17-15)8-16-7-6-14/h2-5,8,12,18-19H,1,6-7,14-15H2/t12-/m1/s1. The highest BCUT2D eigenvalue weighted by atomic mass is 31.2. The molecule has 116 valence electrons. The molecule has 0 heterocycles. The first-order valence-corrected chi connectivity index (χ1v) is 7.78. The molecule has 0 saturated carbocycles. The molecule has 6 N–H and O–H groups in total. The van der Waals surface area contributed by atoms with E-state index in [4.69, 9.17) is 16.1 Å². The van der Waals surface area contributed by atoms with Crippen molar-refractivity contribution in [1.82, 2.24) is 0 Å². The van der Waals surface area contributed by atoms with Crippen molar-refractivity contribution in [2.24, 2.45) is 21.7 Å². The minimum Gasteiger partial charge on any atom is -0.432 e. The summed E-state index contributed by atoms with van der Waals surface area (Å²) in [5, 5.41) is 3.34. The Morgan fingerprint density at radius 3 is 2.71 bits per heavy atom. The summed E-state index contributed by atoms with van der Waals surface area (Å²) in [7, 11) is -3.81. The van der Waals surface area contributed by atoms with Gasteiger partial charge in [-0.2, -0.15) is 5.10 Å². The van der Waals surface area contributed by atoms with Crippen molar-refractivity contribution < 1.29 is 18.7 Å². The van der Waals surface area contributed by atoms with Gasteiger partial charge in [-0.3, -0.25) is 4.99 Å². The van der Waals surface area contributed by atoms with E-state index in [0.717, 1.165) is 0 Å². The van der Waals surface area contributed by atoms with Gasteiger partial charge in [0, 0.05) is 18.3 Å². The number of hydrogen-bond donors (Lipinski definition) is 4. The smallest absolute Gasteiger partial charge is 0.297 e. The fraction of sp³-hybridized carbons (Fsp3) is 0.250. The number of aliphatic imine (C=N–C) groups is 1. The molecule has 0 aliphatic carbocycles. The highest BCUT2D eigenvalue weighted by molar-refractivity contribution is 7.58. The number of hydrogen-bond acceptors (Lipinski definition) is 7. The SMILES string of the molecule is C=P(O)(O)Oc1ccccc1[C@@H](F)C(C=NCCN)=NN. The molecule has 0 amide bonds. The Hall–Kier alpha value is -1.73.